The van der Waals surface area contributed by atoms with Gasteiger partial charge in [0.05, 0.1) is 7.11 Å². The molecule has 1 atom stereocenters. The summed E-state index contributed by atoms with van der Waals surface area (Å²) in [5, 5.41) is 0. The van der Waals surface area contributed by atoms with Gasteiger partial charge in [0.2, 0.25) is 0 Å². The maximum atomic E-state index is 12.7. The van der Waals surface area contributed by atoms with Crippen molar-refractivity contribution in [2.24, 2.45) is 0 Å². The van der Waals surface area contributed by atoms with E-state index < -0.39 is 13.9 Å². The zero-order chi connectivity index (χ0) is 22.1. The second-order valence-electron chi connectivity index (χ2n) is 9.67. The summed E-state index contributed by atoms with van der Waals surface area (Å²) in [5.74, 6) is 0.356. The van der Waals surface area contributed by atoms with Gasteiger partial charge in [0.1, 0.15) is 11.4 Å². The average molecular weight is 410 g/mol. The molecule has 0 saturated carbocycles. The smallest absolute Gasteiger partial charge is 0.317 e. The Kier molecular flexibility index (Phi) is 7.49. The van der Waals surface area contributed by atoms with Gasteiger partial charge in [0.15, 0.2) is 5.78 Å². The van der Waals surface area contributed by atoms with Gasteiger partial charge in [0, 0.05) is 11.1 Å². The van der Waals surface area contributed by atoms with Crippen molar-refractivity contribution in [1.29, 1.82) is 0 Å². The van der Waals surface area contributed by atoms with E-state index in [0.29, 0.717) is 5.57 Å². The Morgan fingerprint density at radius 2 is 1.57 bits per heavy atom. The van der Waals surface area contributed by atoms with Crippen LogP contribution in [-0.4, -0.2) is 23.4 Å². The molecule has 158 valence electrons. The van der Waals surface area contributed by atoms with E-state index in [1.54, 1.807) is 7.11 Å². The molecule has 1 N–H and O–H groups in total. The number of rotatable bonds is 6. The lowest BCUT2D eigenvalue weighted by molar-refractivity contribution is -0.126. The van der Waals surface area contributed by atoms with Crippen molar-refractivity contribution in [2.45, 2.75) is 78.7 Å². The molecule has 5 nitrogen and oxygen atoms in total. The van der Waals surface area contributed by atoms with Crippen LogP contribution >= 0.6 is 8.25 Å². The zero-order valence-electron chi connectivity index (χ0n) is 18.8. The third kappa shape index (κ3) is 6.04. The summed E-state index contributed by atoms with van der Waals surface area (Å²) in [7, 11) is -1.59. The zero-order valence-corrected chi connectivity index (χ0v) is 19.8. The molecule has 1 rings (SSSR count). The van der Waals surface area contributed by atoms with E-state index in [2.05, 4.69) is 53.7 Å². The molecule has 0 saturated heterocycles. The highest BCUT2D eigenvalue weighted by Gasteiger charge is 2.30. The molecule has 0 heterocycles. The quantitative estimate of drug-likeness (QED) is 0.499. The van der Waals surface area contributed by atoms with Gasteiger partial charge in [-0.3, -0.25) is 13.9 Å². The molecular weight excluding hydrogens is 375 g/mol. The normalized spacial score (nSPS) is 14.8. The van der Waals surface area contributed by atoms with Gasteiger partial charge >= 0.3 is 8.25 Å². The fraction of sp³-hybridized carbons (Fsp3) is 0.591. The van der Waals surface area contributed by atoms with Crippen molar-refractivity contribution in [2.75, 3.05) is 7.11 Å². The largest absolute Gasteiger partial charge is 0.496 e. The number of ether oxygens (including phenoxy) is 1. The highest BCUT2D eigenvalue weighted by Crippen LogP contribution is 2.41. The van der Waals surface area contributed by atoms with E-state index >= 15 is 0 Å². The SMILES string of the molecule is COc1c(C(C)=CC(=O)C(C)(C)O[PH](=O)O)cc(C(C)(C)C)cc1C(C)(C)C. The van der Waals surface area contributed by atoms with Crippen LogP contribution < -0.4 is 4.74 Å². The Morgan fingerprint density at radius 3 is 1.96 bits per heavy atom. The summed E-state index contributed by atoms with van der Waals surface area (Å²) in [4.78, 5) is 21.7. The summed E-state index contributed by atoms with van der Waals surface area (Å²) >= 11 is 0. The second-order valence-corrected chi connectivity index (χ2v) is 10.4. The fourth-order valence-corrected chi connectivity index (χ4v) is 3.39. The predicted octanol–water partition coefficient (Wildman–Crippen LogP) is 5.44. The van der Waals surface area contributed by atoms with Gasteiger partial charge in [0.25, 0.3) is 0 Å². The number of carbonyl (C=O) groups excluding carboxylic acids is 1. The van der Waals surface area contributed by atoms with Crippen LogP contribution in [0.25, 0.3) is 5.57 Å². The average Bonchev–Trinajstić information content (AvgIpc) is 2.50. The molecular formula is C22H35O5P. The first-order valence-corrected chi connectivity index (χ1v) is 10.6. The van der Waals surface area contributed by atoms with E-state index in [9.17, 15) is 9.36 Å². The molecule has 28 heavy (non-hydrogen) atoms. The van der Waals surface area contributed by atoms with E-state index in [1.807, 2.05) is 6.92 Å². The van der Waals surface area contributed by atoms with E-state index in [-0.39, 0.29) is 16.6 Å². The summed E-state index contributed by atoms with van der Waals surface area (Å²) in [6.07, 6.45) is 1.46. The van der Waals surface area contributed by atoms with Gasteiger partial charge in [-0.15, -0.1) is 0 Å². The highest BCUT2D eigenvalue weighted by atomic mass is 31.1. The monoisotopic (exact) mass is 410 g/mol. The molecule has 0 spiro atoms. The molecule has 1 aromatic rings. The molecule has 0 bridgehead atoms. The lowest BCUT2D eigenvalue weighted by Crippen LogP contribution is -2.31. The van der Waals surface area contributed by atoms with Gasteiger partial charge in [-0.25, -0.2) is 0 Å². The minimum absolute atomic E-state index is 0.0789. The van der Waals surface area contributed by atoms with E-state index in [0.717, 1.165) is 22.4 Å². The summed E-state index contributed by atoms with van der Waals surface area (Å²) in [6, 6.07) is 4.22. The molecule has 0 aliphatic rings. The highest BCUT2D eigenvalue weighted by molar-refractivity contribution is 7.32. The maximum absolute atomic E-state index is 12.7. The van der Waals surface area contributed by atoms with Crippen LogP contribution in [-0.2, 0) is 24.7 Å². The van der Waals surface area contributed by atoms with Crippen LogP contribution in [0.2, 0.25) is 0 Å². The number of hydrogen-bond acceptors (Lipinski definition) is 4. The Morgan fingerprint density at radius 1 is 1.04 bits per heavy atom. The molecule has 0 fully saturated rings. The molecule has 0 amide bonds. The molecule has 0 radical (unpaired) electrons. The van der Waals surface area contributed by atoms with Crippen molar-refractivity contribution in [3.8, 4) is 5.75 Å². The van der Waals surface area contributed by atoms with Gasteiger partial charge < -0.3 is 9.63 Å². The summed E-state index contributed by atoms with van der Waals surface area (Å²) < 4.78 is 21.7. The van der Waals surface area contributed by atoms with Crippen molar-refractivity contribution >= 4 is 19.6 Å². The lowest BCUT2D eigenvalue weighted by atomic mass is 9.78. The maximum Gasteiger partial charge on any atom is 0.317 e. The number of carbonyl (C=O) groups is 1. The van der Waals surface area contributed by atoms with Crippen LogP contribution in [0.15, 0.2) is 18.2 Å². The van der Waals surface area contributed by atoms with E-state index in [4.69, 9.17) is 14.2 Å². The Bertz CT molecular complexity index is 792. The number of ketones is 1. The summed E-state index contributed by atoms with van der Waals surface area (Å²) in [5.41, 5.74) is 2.15. The molecule has 0 aliphatic carbocycles. The van der Waals surface area contributed by atoms with Crippen molar-refractivity contribution in [1.82, 2.24) is 0 Å². The standard InChI is InChI=1S/C22H35O5P/c1-14(11-18(23)22(8,9)27-28(24)25)16-12-15(20(2,3)4)13-17(19(16)26-10)21(5,6)7/h11-13,28H,1-10H3,(H,24,25). The molecule has 1 unspecified atom stereocenters. The van der Waals surface area contributed by atoms with Crippen LogP contribution in [0.4, 0.5) is 0 Å². The van der Waals surface area contributed by atoms with Crippen LogP contribution in [0.5, 0.6) is 5.75 Å². The number of benzene rings is 1. The van der Waals surface area contributed by atoms with Crippen LogP contribution in [0, 0.1) is 0 Å². The molecule has 0 aromatic heterocycles. The third-order valence-corrected chi connectivity index (χ3v) is 5.36. The minimum atomic E-state index is -3.22. The number of hydrogen-bond donors (Lipinski definition) is 1. The van der Waals surface area contributed by atoms with Crippen LogP contribution in [0.1, 0.15) is 79.0 Å². The third-order valence-electron chi connectivity index (χ3n) is 4.68. The van der Waals surface area contributed by atoms with Crippen molar-refractivity contribution < 1.29 is 23.5 Å². The Hall–Kier alpha value is -1.42. The topological polar surface area (TPSA) is 72.8 Å². The number of methoxy groups -OCH3 is 1. The first-order chi connectivity index (χ1) is 12.5. The van der Waals surface area contributed by atoms with Gasteiger partial charge in [-0.1, -0.05) is 47.6 Å². The first-order valence-electron chi connectivity index (χ1n) is 9.38. The van der Waals surface area contributed by atoms with Crippen molar-refractivity contribution in [3.63, 3.8) is 0 Å². The Labute approximate surface area is 170 Å². The van der Waals surface area contributed by atoms with Crippen molar-refractivity contribution in [3.05, 3.63) is 34.9 Å². The molecule has 0 aliphatic heterocycles. The minimum Gasteiger partial charge on any atom is -0.496 e. The lowest BCUT2D eigenvalue weighted by Gasteiger charge is -2.29. The summed E-state index contributed by atoms with van der Waals surface area (Å²) in [6.45, 7) is 17.6. The number of allylic oxidation sites excluding steroid dienone is 1. The van der Waals surface area contributed by atoms with Gasteiger partial charge in [-0.2, -0.15) is 0 Å². The predicted molar refractivity (Wildman–Crippen MR) is 115 cm³/mol. The fourth-order valence-electron chi connectivity index (χ4n) is 2.85. The molecule has 1 aromatic carbocycles. The van der Waals surface area contributed by atoms with Gasteiger partial charge in [-0.05, 0) is 54.9 Å². The first kappa shape index (κ1) is 24.6. The Balaban J connectivity index is 3.65. The molecule has 6 heteroatoms. The van der Waals surface area contributed by atoms with E-state index in [1.165, 1.54) is 19.9 Å². The van der Waals surface area contributed by atoms with Crippen LogP contribution in [0.3, 0.4) is 0 Å². The second kappa shape index (κ2) is 8.52.